The Bertz CT molecular complexity index is 3350. The van der Waals surface area contributed by atoms with Crippen LogP contribution in [0.2, 0.25) is 10.0 Å². The lowest BCUT2D eigenvalue weighted by molar-refractivity contribution is -0.112. The molecule has 1 aliphatic carbocycles. The molecule has 1 saturated heterocycles. The average Bonchev–Trinajstić information content (AvgIpc) is 4.24. The summed E-state index contributed by atoms with van der Waals surface area (Å²) in [6.07, 6.45) is 13.8. The van der Waals surface area contributed by atoms with E-state index in [9.17, 15) is 19.2 Å². The molecule has 9 rings (SSSR count). The molecule has 2 aliphatic rings. The van der Waals surface area contributed by atoms with Crippen molar-refractivity contribution in [2.24, 2.45) is 0 Å². The average molecular weight is 1110 g/mol. The van der Waals surface area contributed by atoms with E-state index in [-0.39, 0.29) is 48.2 Å². The maximum atomic E-state index is 13.5. The molecule has 2 unspecified atom stereocenters. The smallest absolute Gasteiger partial charge is 0.253 e. The summed E-state index contributed by atoms with van der Waals surface area (Å²) in [5, 5.41) is 18.4. The quantitative estimate of drug-likeness (QED) is 0.0417. The summed E-state index contributed by atoms with van der Waals surface area (Å²) in [5.74, 6) is 0.0755. The summed E-state index contributed by atoms with van der Waals surface area (Å²) in [5.41, 5.74) is 6.35. The largest absolute Gasteiger partial charge is 0.360 e. The van der Waals surface area contributed by atoms with Crippen molar-refractivity contribution < 1.29 is 19.2 Å². The van der Waals surface area contributed by atoms with E-state index < -0.39 is 0 Å². The number of carbonyl (C=O) groups excluding carboxylic acids is 4. The number of amides is 4. The number of fused-ring (bicyclic) bond motifs is 1. The lowest BCUT2D eigenvalue weighted by Gasteiger charge is -2.32. The molecular formula is C57H62Cl2N14O4S. The second kappa shape index (κ2) is 25.3. The number of H-pyrrole nitrogens is 1. The van der Waals surface area contributed by atoms with Crippen LogP contribution in [-0.2, 0) is 16.0 Å². The first-order chi connectivity index (χ1) is 37.6. The third-order valence-electron chi connectivity index (χ3n) is 13.4. The van der Waals surface area contributed by atoms with Crippen molar-refractivity contribution in [3.05, 3.63) is 147 Å². The molecule has 1 aliphatic heterocycles. The Balaban J connectivity index is 0.862. The highest BCUT2D eigenvalue weighted by atomic mass is 35.5. The van der Waals surface area contributed by atoms with Crippen molar-refractivity contribution in [1.29, 1.82) is 0 Å². The number of anilines is 4. The van der Waals surface area contributed by atoms with Crippen molar-refractivity contribution in [2.45, 2.75) is 63.6 Å². The fourth-order valence-corrected chi connectivity index (χ4v) is 10.9. The minimum atomic E-state index is -0.238. The van der Waals surface area contributed by atoms with Crippen LogP contribution in [0.5, 0.6) is 0 Å². The van der Waals surface area contributed by atoms with Crippen LogP contribution >= 0.6 is 34.5 Å². The lowest BCUT2D eigenvalue weighted by atomic mass is 10.0. The molecule has 6 N–H and O–H groups in total. The summed E-state index contributed by atoms with van der Waals surface area (Å²) < 4.78 is 0. The standard InChI is InChI=1S/C57H62Cl2N14O4S/c1-34-62-47(53(78-34)52-44(58)33-61-56(70-52)66-39-24-28-73(29-25-39)55(77)36-16-20-38(21-17-36)64-49(75)13-9-27-72(4)5)31-46-50(59)51(43-32-60-45-11-7-6-10-42(43)45)69-57(68-46)67-41-23-22-40(30-41)65-54(76)35-14-18-37(19-15-35)63-48(74)12-8-26-71(2)3/h6-21,32-33,39-41,60H,22-31H2,1-5H3,(H,63,74)(H,64,75)(H,65,76)(H,61,66,70)(H,67,68,69)/b12-8+,13-9+. The first-order valence-electron chi connectivity index (χ1n) is 25.8. The van der Waals surface area contributed by atoms with Crippen molar-refractivity contribution >= 4 is 92.3 Å². The maximum absolute atomic E-state index is 13.5. The minimum Gasteiger partial charge on any atom is -0.360 e. The van der Waals surface area contributed by atoms with Gasteiger partial charge in [0, 0.05) is 108 Å². The minimum absolute atomic E-state index is 0.00394. The number of likely N-dealkylation sites (N-methyl/N-ethyl adjacent to an activating group) is 2. The summed E-state index contributed by atoms with van der Waals surface area (Å²) >= 11 is 15.7. The van der Waals surface area contributed by atoms with Crippen molar-refractivity contribution in [1.82, 2.24) is 49.9 Å². The zero-order chi connectivity index (χ0) is 54.9. The van der Waals surface area contributed by atoms with E-state index in [0.717, 1.165) is 39.2 Å². The van der Waals surface area contributed by atoms with Gasteiger partial charge < -0.3 is 46.3 Å². The Morgan fingerprint density at radius 2 is 1.33 bits per heavy atom. The molecule has 0 bridgehead atoms. The third kappa shape index (κ3) is 14.1. The lowest BCUT2D eigenvalue weighted by Crippen LogP contribution is -2.42. The van der Waals surface area contributed by atoms with E-state index in [0.29, 0.717) is 113 Å². The van der Waals surface area contributed by atoms with Gasteiger partial charge in [0.1, 0.15) is 5.69 Å². The Hall–Kier alpha value is -7.55. The zero-order valence-electron chi connectivity index (χ0n) is 44.1. The van der Waals surface area contributed by atoms with Crippen LogP contribution in [0.15, 0.2) is 109 Å². The number of aryl methyl sites for hydroxylation is 1. The predicted molar refractivity (Wildman–Crippen MR) is 311 cm³/mol. The van der Waals surface area contributed by atoms with Crippen LogP contribution < -0.4 is 26.6 Å². The number of thiazole rings is 1. The molecule has 3 aromatic carbocycles. The van der Waals surface area contributed by atoms with Crippen LogP contribution in [0.3, 0.4) is 0 Å². The number of aromatic nitrogens is 6. The molecule has 404 valence electrons. The van der Waals surface area contributed by atoms with Gasteiger partial charge in [-0.1, -0.05) is 53.6 Å². The zero-order valence-corrected chi connectivity index (χ0v) is 46.4. The fourth-order valence-electron chi connectivity index (χ4n) is 9.45. The maximum Gasteiger partial charge on any atom is 0.253 e. The van der Waals surface area contributed by atoms with Crippen molar-refractivity contribution in [2.75, 3.05) is 75.6 Å². The van der Waals surface area contributed by atoms with E-state index in [1.807, 2.05) is 80.3 Å². The molecule has 7 aromatic rings. The Kier molecular flexibility index (Phi) is 17.9. The van der Waals surface area contributed by atoms with Crippen LogP contribution in [0, 0.1) is 6.92 Å². The first kappa shape index (κ1) is 55.2. The van der Waals surface area contributed by atoms with Gasteiger partial charge in [0.05, 0.1) is 43.2 Å². The molecule has 4 aromatic heterocycles. The molecule has 21 heteroatoms. The van der Waals surface area contributed by atoms with Crippen LogP contribution in [0.25, 0.3) is 32.7 Å². The van der Waals surface area contributed by atoms with Gasteiger partial charge >= 0.3 is 0 Å². The molecule has 0 spiro atoms. The van der Waals surface area contributed by atoms with E-state index >= 15 is 0 Å². The molecular weight excluding hydrogens is 1050 g/mol. The van der Waals surface area contributed by atoms with E-state index in [1.54, 1.807) is 66.9 Å². The molecule has 18 nitrogen and oxygen atoms in total. The first-order valence-corrected chi connectivity index (χ1v) is 27.4. The van der Waals surface area contributed by atoms with Gasteiger partial charge in [-0.25, -0.2) is 24.9 Å². The second-order valence-corrected chi connectivity index (χ2v) is 22.0. The predicted octanol–water partition coefficient (Wildman–Crippen LogP) is 9.34. The fraction of sp³-hybridized carbons (Fsp3) is 0.316. The Labute approximate surface area is 467 Å². The van der Waals surface area contributed by atoms with Gasteiger partial charge in [-0.05, 0) is 122 Å². The number of para-hydroxylation sites is 1. The highest BCUT2D eigenvalue weighted by Crippen LogP contribution is 2.39. The van der Waals surface area contributed by atoms with E-state index in [1.165, 1.54) is 23.5 Å². The number of carbonyl (C=O) groups is 4. The Morgan fingerprint density at radius 3 is 2.00 bits per heavy atom. The topological polar surface area (TPSA) is 218 Å². The number of likely N-dealkylation sites (tertiary alicyclic amines) is 1. The molecule has 4 amide bonds. The van der Waals surface area contributed by atoms with Crippen molar-refractivity contribution in [3.8, 4) is 21.8 Å². The number of aromatic amines is 1. The SMILES string of the molecule is Cc1nc(Cc2nc(NC3CCC(NC(=O)c4ccc(NC(=O)/C=C/CN(C)C)cc4)C3)nc(-c3c[nH]c4ccccc34)c2Cl)c(-c2nc(NC3CCN(C(=O)c4ccc(NC(=O)/C=C/CN(C)C)cc4)CC3)ncc2Cl)s1. The molecule has 0 radical (unpaired) electrons. The molecule has 2 fully saturated rings. The number of halogens is 2. The van der Waals surface area contributed by atoms with Crippen LogP contribution in [0.1, 0.15) is 69.2 Å². The number of nitrogens with zero attached hydrogens (tertiary/aromatic N) is 8. The third-order valence-corrected chi connectivity index (χ3v) is 15.1. The summed E-state index contributed by atoms with van der Waals surface area (Å²) in [6, 6.07) is 21.6. The van der Waals surface area contributed by atoms with E-state index in [4.69, 9.17) is 43.1 Å². The Morgan fingerprint density at radius 1 is 0.718 bits per heavy atom. The highest BCUT2D eigenvalue weighted by molar-refractivity contribution is 7.15. The molecule has 2 atom stereocenters. The van der Waals surface area contributed by atoms with Crippen LogP contribution in [-0.4, -0.2) is 141 Å². The number of rotatable bonds is 19. The second-order valence-electron chi connectivity index (χ2n) is 20.0. The van der Waals surface area contributed by atoms with Crippen LogP contribution in [0.4, 0.5) is 23.3 Å². The monoisotopic (exact) mass is 1110 g/mol. The summed E-state index contributed by atoms with van der Waals surface area (Å²) in [6.45, 7) is 4.31. The normalized spacial score (nSPS) is 15.9. The van der Waals surface area contributed by atoms with Gasteiger partial charge in [0.2, 0.25) is 23.7 Å². The highest BCUT2D eigenvalue weighted by Gasteiger charge is 2.30. The number of nitrogens with one attached hydrogen (secondary N) is 6. The number of hydrogen-bond donors (Lipinski definition) is 6. The van der Waals surface area contributed by atoms with Crippen molar-refractivity contribution in [3.63, 3.8) is 0 Å². The molecule has 1 saturated carbocycles. The van der Waals surface area contributed by atoms with Gasteiger partial charge in [-0.2, -0.15) is 0 Å². The number of piperidine rings is 1. The summed E-state index contributed by atoms with van der Waals surface area (Å²) in [4.78, 5) is 86.0. The van der Waals surface area contributed by atoms with Gasteiger partial charge in [-0.3, -0.25) is 19.2 Å². The molecule has 78 heavy (non-hydrogen) atoms. The van der Waals surface area contributed by atoms with Gasteiger partial charge in [0.25, 0.3) is 11.8 Å². The summed E-state index contributed by atoms with van der Waals surface area (Å²) in [7, 11) is 7.72. The van der Waals surface area contributed by atoms with E-state index in [2.05, 4.69) is 36.6 Å². The van der Waals surface area contributed by atoms with Gasteiger partial charge in [0.15, 0.2) is 0 Å². The van der Waals surface area contributed by atoms with Gasteiger partial charge in [-0.15, -0.1) is 11.3 Å². The molecule has 5 heterocycles. The number of benzene rings is 3. The number of hydrogen-bond acceptors (Lipinski definition) is 14.